The van der Waals surface area contributed by atoms with Gasteiger partial charge in [0.1, 0.15) is 6.33 Å². The van der Waals surface area contributed by atoms with E-state index in [-0.39, 0.29) is 12.7 Å². The summed E-state index contributed by atoms with van der Waals surface area (Å²) in [5, 5.41) is 2.94. The number of nitrogens with zero attached hydrogens (tertiary/aromatic N) is 2. The Kier molecular flexibility index (Phi) is 5.94. The minimum atomic E-state index is -0.195. The Hall–Kier alpha value is -4.59. The molecule has 0 spiro atoms. The highest BCUT2D eigenvalue weighted by atomic mass is 16.7. The summed E-state index contributed by atoms with van der Waals surface area (Å²) >= 11 is 0. The first-order valence-corrected chi connectivity index (χ1v) is 10.6. The average Bonchev–Trinajstić information content (AvgIpc) is 3.36. The van der Waals surface area contributed by atoms with Gasteiger partial charge in [0.25, 0.3) is 5.91 Å². The van der Waals surface area contributed by atoms with Crippen LogP contribution in [0.3, 0.4) is 0 Å². The van der Waals surface area contributed by atoms with Crippen molar-refractivity contribution in [1.29, 1.82) is 0 Å². The highest BCUT2D eigenvalue weighted by molar-refractivity contribution is 5.95. The van der Waals surface area contributed by atoms with Crippen molar-refractivity contribution in [1.82, 2.24) is 15.3 Å². The third kappa shape index (κ3) is 4.61. The molecule has 0 radical (unpaired) electrons. The van der Waals surface area contributed by atoms with Crippen LogP contribution in [0, 0.1) is 0 Å². The fourth-order valence-electron chi connectivity index (χ4n) is 3.52. The minimum Gasteiger partial charge on any atom is -0.493 e. The molecule has 1 N–H and O–H groups in total. The standard InChI is InChI=1S/C26H21N3O5/c1-31-21-7-2-3-8-23(21)34-25-13-20(28-15-29-25)18-5-4-6-19(12-18)26(30)27-14-17-9-10-22-24(11-17)33-16-32-22/h2-13,15H,14,16H2,1H3,(H,27,30). The molecular weight excluding hydrogens is 434 g/mol. The molecule has 1 aliphatic heterocycles. The molecule has 170 valence electrons. The lowest BCUT2D eigenvalue weighted by molar-refractivity contribution is 0.0951. The number of nitrogens with one attached hydrogen (secondary N) is 1. The zero-order valence-electron chi connectivity index (χ0n) is 18.4. The molecule has 0 bridgehead atoms. The number of benzene rings is 3. The van der Waals surface area contributed by atoms with Crippen LogP contribution in [0.2, 0.25) is 0 Å². The SMILES string of the molecule is COc1ccccc1Oc1cc(-c2cccc(C(=O)NCc3ccc4c(c3)OCO4)c2)ncn1. The van der Waals surface area contributed by atoms with Gasteiger partial charge < -0.3 is 24.3 Å². The van der Waals surface area contributed by atoms with Crippen LogP contribution in [-0.4, -0.2) is 29.8 Å². The first-order valence-electron chi connectivity index (χ1n) is 10.6. The zero-order valence-corrected chi connectivity index (χ0v) is 18.4. The van der Waals surface area contributed by atoms with Crippen molar-refractivity contribution in [3.05, 3.63) is 90.3 Å². The molecule has 5 rings (SSSR count). The number of amides is 1. The molecule has 1 aliphatic rings. The molecule has 2 heterocycles. The number of carbonyl (C=O) groups is 1. The summed E-state index contributed by atoms with van der Waals surface area (Å²) in [4.78, 5) is 21.3. The van der Waals surface area contributed by atoms with E-state index in [0.29, 0.717) is 46.7 Å². The molecule has 34 heavy (non-hydrogen) atoms. The minimum absolute atomic E-state index is 0.195. The molecule has 8 heteroatoms. The summed E-state index contributed by atoms with van der Waals surface area (Å²) in [7, 11) is 1.58. The van der Waals surface area contributed by atoms with E-state index in [4.69, 9.17) is 18.9 Å². The molecule has 3 aromatic carbocycles. The molecule has 0 saturated carbocycles. The first kappa shape index (κ1) is 21.3. The summed E-state index contributed by atoms with van der Waals surface area (Å²) in [6.07, 6.45) is 1.42. The highest BCUT2D eigenvalue weighted by Gasteiger charge is 2.14. The van der Waals surface area contributed by atoms with Crippen LogP contribution >= 0.6 is 0 Å². The Morgan fingerprint density at radius 1 is 0.941 bits per heavy atom. The van der Waals surface area contributed by atoms with Crippen molar-refractivity contribution >= 4 is 5.91 Å². The normalized spacial score (nSPS) is 11.7. The number of methoxy groups -OCH3 is 1. The second-order valence-electron chi connectivity index (χ2n) is 7.45. The van der Waals surface area contributed by atoms with Gasteiger partial charge in [-0.1, -0.05) is 30.3 Å². The van der Waals surface area contributed by atoms with Crippen molar-refractivity contribution in [2.45, 2.75) is 6.54 Å². The van der Waals surface area contributed by atoms with Crippen molar-refractivity contribution < 1.29 is 23.7 Å². The first-order chi connectivity index (χ1) is 16.7. The van der Waals surface area contributed by atoms with Crippen molar-refractivity contribution in [2.24, 2.45) is 0 Å². The van der Waals surface area contributed by atoms with Crippen LogP contribution in [0.4, 0.5) is 0 Å². The maximum absolute atomic E-state index is 12.8. The predicted octanol–water partition coefficient (Wildman–Crippen LogP) is 4.60. The quantitative estimate of drug-likeness (QED) is 0.435. The molecule has 4 aromatic rings. The Morgan fingerprint density at radius 2 is 1.79 bits per heavy atom. The van der Waals surface area contributed by atoms with E-state index in [1.165, 1.54) is 6.33 Å². The summed E-state index contributed by atoms with van der Waals surface area (Å²) < 4.78 is 21.9. The molecule has 0 fully saturated rings. The van der Waals surface area contributed by atoms with E-state index in [1.807, 2.05) is 48.5 Å². The van der Waals surface area contributed by atoms with Gasteiger partial charge in [-0.05, 0) is 42.0 Å². The van der Waals surface area contributed by atoms with E-state index in [2.05, 4.69) is 15.3 Å². The van der Waals surface area contributed by atoms with Crippen LogP contribution < -0.4 is 24.3 Å². The maximum atomic E-state index is 12.8. The Morgan fingerprint density at radius 3 is 2.68 bits per heavy atom. The van der Waals surface area contributed by atoms with E-state index in [1.54, 1.807) is 31.4 Å². The molecule has 0 aliphatic carbocycles. The van der Waals surface area contributed by atoms with Gasteiger partial charge in [0.2, 0.25) is 12.7 Å². The van der Waals surface area contributed by atoms with E-state index >= 15 is 0 Å². The molecule has 0 atom stereocenters. The number of carbonyl (C=O) groups excluding carboxylic acids is 1. The van der Waals surface area contributed by atoms with Crippen LogP contribution in [0.5, 0.6) is 28.9 Å². The van der Waals surface area contributed by atoms with Crippen LogP contribution in [0.25, 0.3) is 11.3 Å². The summed E-state index contributed by atoms with van der Waals surface area (Å²) in [5.41, 5.74) is 2.83. The third-order valence-corrected chi connectivity index (χ3v) is 5.24. The Bertz CT molecular complexity index is 1340. The number of rotatable bonds is 7. The van der Waals surface area contributed by atoms with Gasteiger partial charge >= 0.3 is 0 Å². The van der Waals surface area contributed by atoms with E-state index in [0.717, 1.165) is 11.1 Å². The van der Waals surface area contributed by atoms with Crippen molar-refractivity contribution in [3.8, 4) is 40.1 Å². The number of para-hydroxylation sites is 2. The topological polar surface area (TPSA) is 91.8 Å². The van der Waals surface area contributed by atoms with Crippen LogP contribution in [0.1, 0.15) is 15.9 Å². The van der Waals surface area contributed by atoms with Crippen molar-refractivity contribution in [3.63, 3.8) is 0 Å². The molecule has 1 aromatic heterocycles. The highest BCUT2D eigenvalue weighted by Crippen LogP contribution is 2.33. The number of ether oxygens (including phenoxy) is 4. The van der Waals surface area contributed by atoms with Gasteiger partial charge in [-0.3, -0.25) is 4.79 Å². The zero-order chi connectivity index (χ0) is 23.3. The number of aromatic nitrogens is 2. The van der Waals surface area contributed by atoms with Crippen LogP contribution in [0.15, 0.2) is 79.1 Å². The second kappa shape index (κ2) is 9.50. The Balaban J connectivity index is 1.30. The largest absolute Gasteiger partial charge is 0.493 e. The summed E-state index contributed by atoms with van der Waals surface area (Å²) in [6.45, 7) is 0.580. The molecular formula is C26H21N3O5. The smallest absolute Gasteiger partial charge is 0.251 e. The van der Waals surface area contributed by atoms with Crippen molar-refractivity contribution in [2.75, 3.05) is 13.9 Å². The van der Waals surface area contributed by atoms with Gasteiger partial charge in [0.05, 0.1) is 12.8 Å². The predicted molar refractivity (Wildman–Crippen MR) is 124 cm³/mol. The fourth-order valence-corrected chi connectivity index (χ4v) is 3.52. The van der Waals surface area contributed by atoms with Gasteiger partial charge in [-0.2, -0.15) is 0 Å². The Labute approximate surface area is 196 Å². The molecule has 1 amide bonds. The van der Waals surface area contributed by atoms with Gasteiger partial charge in [0.15, 0.2) is 23.0 Å². The lowest BCUT2D eigenvalue weighted by Gasteiger charge is -2.10. The average molecular weight is 455 g/mol. The van der Waals surface area contributed by atoms with Crippen LogP contribution in [-0.2, 0) is 6.54 Å². The summed E-state index contributed by atoms with van der Waals surface area (Å²) in [6, 6.07) is 21.9. The lowest BCUT2D eigenvalue weighted by atomic mass is 10.1. The molecule has 8 nitrogen and oxygen atoms in total. The summed E-state index contributed by atoms with van der Waals surface area (Å²) in [5.74, 6) is 2.71. The maximum Gasteiger partial charge on any atom is 0.251 e. The van der Waals surface area contributed by atoms with Gasteiger partial charge in [-0.15, -0.1) is 0 Å². The van der Waals surface area contributed by atoms with Gasteiger partial charge in [-0.25, -0.2) is 9.97 Å². The number of hydrogen-bond acceptors (Lipinski definition) is 7. The number of fused-ring (bicyclic) bond motifs is 1. The lowest BCUT2D eigenvalue weighted by Crippen LogP contribution is -2.22. The number of hydrogen-bond donors (Lipinski definition) is 1. The monoisotopic (exact) mass is 455 g/mol. The third-order valence-electron chi connectivity index (χ3n) is 5.24. The van der Waals surface area contributed by atoms with Gasteiger partial charge in [0, 0.05) is 23.7 Å². The fraction of sp³-hybridized carbons (Fsp3) is 0.115. The van der Waals surface area contributed by atoms with E-state index in [9.17, 15) is 4.79 Å². The molecule has 0 saturated heterocycles. The second-order valence-corrected chi connectivity index (χ2v) is 7.45. The molecule has 0 unspecified atom stereocenters. The van der Waals surface area contributed by atoms with E-state index < -0.39 is 0 Å².